The van der Waals surface area contributed by atoms with E-state index < -0.39 is 6.03 Å². The molecule has 2 N–H and O–H groups in total. The quantitative estimate of drug-likeness (QED) is 0.836. The van der Waals surface area contributed by atoms with Gasteiger partial charge in [-0.05, 0) is 17.5 Å². The number of benzene rings is 2. The van der Waals surface area contributed by atoms with Crippen molar-refractivity contribution in [2.75, 3.05) is 13.1 Å². The van der Waals surface area contributed by atoms with Crippen molar-refractivity contribution in [3.05, 3.63) is 71.8 Å². The lowest BCUT2D eigenvalue weighted by atomic mass is 9.99. The maximum Gasteiger partial charge on any atom is 0.324 e. The SMILES string of the molecule is O=C(CN1C(=O)CCNC1=O)NC(Cc1ccccc1)c1ccccc1. The minimum atomic E-state index is -0.518. The van der Waals surface area contributed by atoms with Crippen molar-refractivity contribution in [1.29, 1.82) is 0 Å². The molecular formula is C20H21N3O3. The average molecular weight is 351 g/mol. The molecule has 4 amide bonds. The molecule has 1 atom stereocenters. The van der Waals surface area contributed by atoms with Gasteiger partial charge in [-0.25, -0.2) is 4.79 Å². The lowest BCUT2D eigenvalue weighted by molar-refractivity contribution is -0.134. The van der Waals surface area contributed by atoms with Crippen LogP contribution in [0.2, 0.25) is 0 Å². The number of rotatable bonds is 6. The van der Waals surface area contributed by atoms with E-state index in [0.29, 0.717) is 13.0 Å². The van der Waals surface area contributed by atoms with Crippen LogP contribution in [0.4, 0.5) is 4.79 Å². The second-order valence-electron chi connectivity index (χ2n) is 6.18. The van der Waals surface area contributed by atoms with Gasteiger partial charge in [-0.2, -0.15) is 0 Å². The van der Waals surface area contributed by atoms with Gasteiger partial charge < -0.3 is 10.6 Å². The Kier molecular flexibility index (Phi) is 5.63. The molecule has 134 valence electrons. The minimum Gasteiger partial charge on any atom is -0.347 e. The van der Waals surface area contributed by atoms with Crippen molar-refractivity contribution in [1.82, 2.24) is 15.5 Å². The number of urea groups is 1. The van der Waals surface area contributed by atoms with Crippen LogP contribution in [0.5, 0.6) is 0 Å². The summed E-state index contributed by atoms with van der Waals surface area (Å²) in [5.74, 6) is -0.691. The van der Waals surface area contributed by atoms with Crippen molar-refractivity contribution in [3.8, 4) is 0 Å². The first-order valence-electron chi connectivity index (χ1n) is 8.60. The molecule has 2 aromatic rings. The minimum absolute atomic E-state index is 0.213. The summed E-state index contributed by atoms with van der Waals surface area (Å²) in [5, 5.41) is 5.54. The van der Waals surface area contributed by atoms with E-state index in [2.05, 4.69) is 10.6 Å². The van der Waals surface area contributed by atoms with E-state index in [1.54, 1.807) is 0 Å². The van der Waals surface area contributed by atoms with Crippen molar-refractivity contribution in [3.63, 3.8) is 0 Å². The summed E-state index contributed by atoms with van der Waals surface area (Å²) in [6.45, 7) is 0.0409. The monoisotopic (exact) mass is 351 g/mol. The first-order valence-corrected chi connectivity index (χ1v) is 8.60. The molecule has 1 aliphatic heterocycles. The van der Waals surface area contributed by atoms with Crippen molar-refractivity contribution < 1.29 is 14.4 Å². The molecule has 1 unspecified atom stereocenters. The molecular weight excluding hydrogens is 330 g/mol. The van der Waals surface area contributed by atoms with Gasteiger partial charge in [0.15, 0.2) is 0 Å². The van der Waals surface area contributed by atoms with Crippen LogP contribution < -0.4 is 10.6 Å². The Hall–Kier alpha value is -3.15. The summed E-state index contributed by atoms with van der Waals surface area (Å²) in [5.41, 5.74) is 2.06. The van der Waals surface area contributed by atoms with Gasteiger partial charge in [0, 0.05) is 13.0 Å². The number of imide groups is 1. The number of hydrogen-bond donors (Lipinski definition) is 2. The Morgan fingerprint density at radius 2 is 1.69 bits per heavy atom. The van der Waals surface area contributed by atoms with Crippen LogP contribution in [0.25, 0.3) is 0 Å². The van der Waals surface area contributed by atoms with Crippen molar-refractivity contribution >= 4 is 17.8 Å². The van der Waals surface area contributed by atoms with Crippen LogP contribution in [0.1, 0.15) is 23.6 Å². The fourth-order valence-corrected chi connectivity index (χ4v) is 2.95. The molecule has 26 heavy (non-hydrogen) atoms. The Labute approximate surface area is 152 Å². The number of nitrogens with one attached hydrogen (secondary N) is 2. The van der Waals surface area contributed by atoms with Crippen LogP contribution in [0.3, 0.4) is 0 Å². The highest BCUT2D eigenvalue weighted by molar-refractivity contribution is 6.00. The summed E-state index contributed by atoms with van der Waals surface area (Å²) in [6.07, 6.45) is 0.835. The standard InChI is InChI=1S/C20H21N3O3/c24-18(14-23-19(25)11-12-21-20(23)26)22-17(16-9-5-2-6-10-16)13-15-7-3-1-4-8-15/h1-10,17H,11-14H2,(H,21,26)(H,22,24). The molecule has 1 saturated heterocycles. The zero-order valence-corrected chi connectivity index (χ0v) is 14.4. The Morgan fingerprint density at radius 3 is 2.35 bits per heavy atom. The summed E-state index contributed by atoms with van der Waals surface area (Å²) in [4.78, 5) is 37.1. The normalized spacial score (nSPS) is 15.3. The summed E-state index contributed by atoms with van der Waals surface area (Å²) < 4.78 is 0. The molecule has 0 aliphatic carbocycles. The molecule has 0 saturated carbocycles. The maximum atomic E-state index is 12.5. The molecule has 6 nitrogen and oxygen atoms in total. The van der Waals surface area contributed by atoms with Gasteiger partial charge in [0.25, 0.3) is 0 Å². The smallest absolute Gasteiger partial charge is 0.324 e. The Balaban J connectivity index is 1.71. The van der Waals surface area contributed by atoms with Crippen LogP contribution in [0.15, 0.2) is 60.7 Å². The van der Waals surface area contributed by atoms with E-state index in [4.69, 9.17) is 0 Å². The van der Waals surface area contributed by atoms with E-state index in [0.717, 1.165) is 16.0 Å². The van der Waals surface area contributed by atoms with Crippen LogP contribution in [-0.2, 0) is 16.0 Å². The Morgan fingerprint density at radius 1 is 1.04 bits per heavy atom. The maximum absolute atomic E-state index is 12.5. The second kappa shape index (κ2) is 8.29. The molecule has 0 aromatic heterocycles. The third-order valence-electron chi connectivity index (χ3n) is 4.28. The van der Waals surface area contributed by atoms with Gasteiger partial charge >= 0.3 is 6.03 Å². The zero-order valence-electron chi connectivity index (χ0n) is 14.4. The molecule has 0 bridgehead atoms. The summed E-state index contributed by atoms with van der Waals surface area (Å²) in [7, 11) is 0. The Bertz CT molecular complexity index is 761. The number of carbonyl (C=O) groups excluding carboxylic acids is 3. The number of nitrogens with zero attached hydrogens (tertiary/aromatic N) is 1. The van der Waals surface area contributed by atoms with Gasteiger partial charge in [-0.3, -0.25) is 14.5 Å². The fourth-order valence-electron chi connectivity index (χ4n) is 2.95. The van der Waals surface area contributed by atoms with E-state index in [-0.39, 0.29) is 30.8 Å². The number of carbonyl (C=O) groups is 3. The molecule has 2 aromatic carbocycles. The highest BCUT2D eigenvalue weighted by atomic mass is 16.2. The predicted octanol–water partition coefficient (Wildman–Crippen LogP) is 2.03. The van der Waals surface area contributed by atoms with Crippen LogP contribution in [0, 0.1) is 0 Å². The molecule has 6 heteroatoms. The topological polar surface area (TPSA) is 78.5 Å². The molecule has 1 aliphatic rings. The van der Waals surface area contributed by atoms with Crippen LogP contribution >= 0.6 is 0 Å². The predicted molar refractivity (Wildman–Crippen MR) is 97.2 cm³/mol. The number of hydrogen-bond acceptors (Lipinski definition) is 3. The average Bonchev–Trinajstić information content (AvgIpc) is 2.66. The third kappa shape index (κ3) is 4.47. The van der Waals surface area contributed by atoms with E-state index in [9.17, 15) is 14.4 Å². The molecule has 0 radical (unpaired) electrons. The molecule has 1 heterocycles. The molecule has 0 spiro atoms. The summed E-state index contributed by atoms with van der Waals surface area (Å²) >= 11 is 0. The van der Waals surface area contributed by atoms with E-state index in [1.807, 2.05) is 60.7 Å². The highest BCUT2D eigenvalue weighted by Gasteiger charge is 2.28. The first-order chi connectivity index (χ1) is 12.6. The van der Waals surface area contributed by atoms with Crippen molar-refractivity contribution in [2.45, 2.75) is 18.9 Å². The molecule has 1 fully saturated rings. The fraction of sp³-hybridized carbons (Fsp3) is 0.250. The highest BCUT2D eigenvalue weighted by Crippen LogP contribution is 2.18. The lowest BCUT2D eigenvalue weighted by Gasteiger charge is -2.26. The number of amides is 4. The van der Waals surface area contributed by atoms with Crippen LogP contribution in [-0.4, -0.2) is 35.8 Å². The first kappa shape index (κ1) is 17.7. The van der Waals surface area contributed by atoms with E-state index in [1.165, 1.54) is 0 Å². The van der Waals surface area contributed by atoms with Crippen molar-refractivity contribution in [2.24, 2.45) is 0 Å². The third-order valence-corrected chi connectivity index (χ3v) is 4.28. The zero-order chi connectivity index (χ0) is 18.4. The molecule has 3 rings (SSSR count). The second-order valence-corrected chi connectivity index (χ2v) is 6.18. The van der Waals surface area contributed by atoms with Gasteiger partial charge in [0.1, 0.15) is 6.54 Å². The summed E-state index contributed by atoms with van der Waals surface area (Å²) in [6, 6.07) is 18.8. The van der Waals surface area contributed by atoms with Gasteiger partial charge in [0.2, 0.25) is 11.8 Å². The van der Waals surface area contributed by atoms with Gasteiger partial charge in [0.05, 0.1) is 6.04 Å². The van der Waals surface area contributed by atoms with Gasteiger partial charge in [-0.15, -0.1) is 0 Å². The lowest BCUT2D eigenvalue weighted by Crippen LogP contribution is -2.53. The largest absolute Gasteiger partial charge is 0.347 e. The van der Waals surface area contributed by atoms with E-state index >= 15 is 0 Å². The van der Waals surface area contributed by atoms with Gasteiger partial charge in [-0.1, -0.05) is 60.7 Å².